The summed E-state index contributed by atoms with van der Waals surface area (Å²) < 4.78 is 0. The SMILES string of the molecule is CONC1CCCC1[N+](=O)[O-]. The van der Waals surface area contributed by atoms with E-state index in [9.17, 15) is 10.1 Å². The third kappa shape index (κ3) is 1.87. The van der Waals surface area contributed by atoms with Gasteiger partial charge >= 0.3 is 0 Å². The lowest BCUT2D eigenvalue weighted by Crippen LogP contribution is -2.39. The van der Waals surface area contributed by atoms with Crippen molar-refractivity contribution >= 4 is 0 Å². The number of nitrogens with zero attached hydrogens (tertiary/aromatic N) is 1. The van der Waals surface area contributed by atoms with Crippen LogP contribution < -0.4 is 5.48 Å². The first-order chi connectivity index (χ1) is 5.25. The molecule has 5 nitrogen and oxygen atoms in total. The summed E-state index contributed by atoms with van der Waals surface area (Å²) in [5, 5.41) is 10.4. The maximum Gasteiger partial charge on any atom is 0.230 e. The quantitative estimate of drug-likeness (QED) is 0.477. The van der Waals surface area contributed by atoms with E-state index in [1.165, 1.54) is 7.11 Å². The standard InChI is InChI=1S/C6H12N2O3/c1-11-7-5-3-2-4-6(5)8(9)10/h5-7H,2-4H2,1H3. The van der Waals surface area contributed by atoms with Gasteiger partial charge in [0, 0.05) is 11.3 Å². The highest BCUT2D eigenvalue weighted by Crippen LogP contribution is 2.21. The molecule has 0 aliphatic heterocycles. The molecule has 0 aromatic rings. The van der Waals surface area contributed by atoms with Gasteiger partial charge in [-0.1, -0.05) is 0 Å². The third-order valence-corrected chi connectivity index (χ3v) is 2.02. The van der Waals surface area contributed by atoms with Gasteiger partial charge in [0.05, 0.1) is 13.2 Å². The maximum atomic E-state index is 10.4. The zero-order chi connectivity index (χ0) is 8.27. The smallest absolute Gasteiger partial charge is 0.230 e. The van der Waals surface area contributed by atoms with Crippen LogP contribution in [-0.4, -0.2) is 24.1 Å². The fraction of sp³-hybridized carbons (Fsp3) is 1.00. The summed E-state index contributed by atoms with van der Waals surface area (Å²) in [5.74, 6) is 0. The van der Waals surface area contributed by atoms with Crippen LogP contribution in [0, 0.1) is 10.1 Å². The van der Waals surface area contributed by atoms with E-state index < -0.39 is 6.04 Å². The lowest BCUT2D eigenvalue weighted by Gasteiger charge is -2.12. The van der Waals surface area contributed by atoms with Crippen molar-refractivity contribution in [3.05, 3.63) is 10.1 Å². The highest BCUT2D eigenvalue weighted by molar-refractivity contribution is 4.80. The van der Waals surface area contributed by atoms with E-state index in [4.69, 9.17) is 0 Å². The topological polar surface area (TPSA) is 64.4 Å². The molecule has 1 aliphatic carbocycles. The van der Waals surface area contributed by atoms with Crippen LogP contribution in [0.25, 0.3) is 0 Å². The minimum Gasteiger partial charge on any atom is -0.305 e. The molecule has 0 amide bonds. The summed E-state index contributed by atoms with van der Waals surface area (Å²) in [6, 6.07) is -0.565. The Bertz CT molecular complexity index is 151. The Morgan fingerprint density at radius 1 is 1.64 bits per heavy atom. The molecule has 1 aliphatic rings. The summed E-state index contributed by atoms with van der Waals surface area (Å²) in [6.07, 6.45) is 2.40. The molecule has 0 saturated heterocycles. The van der Waals surface area contributed by atoms with Gasteiger partial charge in [0.2, 0.25) is 6.04 Å². The first-order valence-electron chi connectivity index (χ1n) is 3.67. The summed E-state index contributed by atoms with van der Waals surface area (Å²) in [5.41, 5.74) is 2.63. The van der Waals surface area contributed by atoms with E-state index in [0.717, 1.165) is 12.8 Å². The largest absolute Gasteiger partial charge is 0.305 e. The van der Waals surface area contributed by atoms with Crippen LogP contribution >= 0.6 is 0 Å². The summed E-state index contributed by atoms with van der Waals surface area (Å²) in [7, 11) is 1.48. The molecule has 1 saturated carbocycles. The molecule has 1 N–H and O–H groups in total. The maximum absolute atomic E-state index is 10.4. The fourth-order valence-electron chi connectivity index (χ4n) is 1.48. The van der Waals surface area contributed by atoms with Crippen molar-refractivity contribution in [2.75, 3.05) is 7.11 Å². The molecule has 0 heterocycles. The second-order valence-electron chi connectivity index (χ2n) is 2.71. The van der Waals surface area contributed by atoms with E-state index in [2.05, 4.69) is 10.3 Å². The highest BCUT2D eigenvalue weighted by atomic mass is 16.6. The molecule has 2 unspecified atom stereocenters. The number of hydrogen-bond donors (Lipinski definition) is 1. The Kier molecular flexibility index (Phi) is 2.78. The normalized spacial score (nSPS) is 30.6. The third-order valence-electron chi connectivity index (χ3n) is 2.02. The number of nitrogens with one attached hydrogen (secondary N) is 1. The van der Waals surface area contributed by atoms with Crippen molar-refractivity contribution in [1.29, 1.82) is 0 Å². The van der Waals surface area contributed by atoms with Gasteiger partial charge in [-0.25, -0.2) is 0 Å². The van der Waals surface area contributed by atoms with Gasteiger partial charge in [0.15, 0.2) is 0 Å². The molecule has 0 radical (unpaired) electrons. The lowest BCUT2D eigenvalue weighted by molar-refractivity contribution is -0.525. The molecule has 0 spiro atoms. The van der Waals surface area contributed by atoms with Gasteiger partial charge in [-0.15, -0.1) is 0 Å². The van der Waals surface area contributed by atoms with E-state index in [1.807, 2.05) is 0 Å². The molecular weight excluding hydrogens is 148 g/mol. The number of hydroxylamine groups is 1. The van der Waals surface area contributed by atoms with Crippen LogP contribution in [0.3, 0.4) is 0 Å². The summed E-state index contributed by atoms with van der Waals surface area (Å²) in [6.45, 7) is 0. The van der Waals surface area contributed by atoms with Crippen LogP contribution in [-0.2, 0) is 4.84 Å². The van der Waals surface area contributed by atoms with Crippen molar-refractivity contribution in [3.63, 3.8) is 0 Å². The number of rotatable bonds is 3. The Labute approximate surface area is 64.8 Å². The lowest BCUT2D eigenvalue weighted by atomic mass is 10.2. The molecule has 2 atom stereocenters. The Balaban J connectivity index is 2.44. The zero-order valence-corrected chi connectivity index (χ0v) is 6.45. The molecule has 0 aromatic heterocycles. The Morgan fingerprint density at radius 3 is 2.91 bits per heavy atom. The van der Waals surface area contributed by atoms with E-state index in [0.29, 0.717) is 6.42 Å². The molecule has 64 valence electrons. The van der Waals surface area contributed by atoms with Crippen molar-refractivity contribution in [1.82, 2.24) is 5.48 Å². The molecule has 5 heteroatoms. The van der Waals surface area contributed by atoms with Gasteiger partial charge in [-0.3, -0.25) is 10.1 Å². The molecule has 1 rings (SSSR count). The zero-order valence-electron chi connectivity index (χ0n) is 6.45. The minimum absolute atomic E-state index is 0.102. The molecular formula is C6H12N2O3. The van der Waals surface area contributed by atoms with Gasteiger partial charge in [-0.2, -0.15) is 5.48 Å². The van der Waals surface area contributed by atoms with Crippen LogP contribution in [0.4, 0.5) is 0 Å². The summed E-state index contributed by atoms with van der Waals surface area (Å²) >= 11 is 0. The fourth-order valence-corrected chi connectivity index (χ4v) is 1.48. The number of hydrogen-bond acceptors (Lipinski definition) is 4. The Hall–Kier alpha value is -0.680. The van der Waals surface area contributed by atoms with Gasteiger partial charge in [0.1, 0.15) is 0 Å². The Morgan fingerprint density at radius 2 is 2.36 bits per heavy atom. The highest BCUT2D eigenvalue weighted by Gasteiger charge is 2.36. The van der Waals surface area contributed by atoms with Crippen LogP contribution in [0.1, 0.15) is 19.3 Å². The summed E-state index contributed by atoms with van der Waals surface area (Å²) in [4.78, 5) is 14.8. The molecule has 0 bridgehead atoms. The van der Waals surface area contributed by atoms with Gasteiger partial charge in [-0.05, 0) is 12.8 Å². The van der Waals surface area contributed by atoms with E-state index in [-0.39, 0.29) is 11.0 Å². The number of nitro groups is 1. The predicted octanol–water partition coefficient (Wildman–Crippen LogP) is 0.335. The van der Waals surface area contributed by atoms with Crippen molar-refractivity contribution < 1.29 is 9.76 Å². The van der Waals surface area contributed by atoms with Crippen LogP contribution in [0.5, 0.6) is 0 Å². The van der Waals surface area contributed by atoms with Gasteiger partial charge < -0.3 is 4.84 Å². The van der Waals surface area contributed by atoms with Crippen LogP contribution in [0.15, 0.2) is 0 Å². The van der Waals surface area contributed by atoms with Gasteiger partial charge in [0.25, 0.3) is 0 Å². The first kappa shape index (κ1) is 8.42. The monoisotopic (exact) mass is 160 g/mol. The first-order valence-corrected chi connectivity index (χ1v) is 3.67. The minimum atomic E-state index is -0.463. The average molecular weight is 160 g/mol. The van der Waals surface area contributed by atoms with E-state index >= 15 is 0 Å². The predicted molar refractivity (Wildman–Crippen MR) is 38.6 cm³/mol. The van der Waals surface area contributed by atoms with Crippen molar-refractivity contribution in [2.45, 2.75) is 31.3 Å². The molecule has 1 fully saturated rings. The molecule has 0 aromatic carbocycles. The molecule has 11 heavy (non-hydrogen) atoms. The van der Waals surface area contributed by atoms with Crippen LogP contribution in [0.2, 0.25) is 0 Å². The second kappa shape index (κ2) is 3.64. The van der Waals surface area contributed by atoms with E-state index in [1.54, 1.807) is 0 Å². The average Bonchev–Trinajstić information content (AvgIpc) is 2.36. The van der Waals surface area contributed by atoms with Crippen molar-refractivity contribution in [2.24, 2.45) is 0 Å². The van der Waals surface area contributed by atoms with Crippen molar-refractivity contribution in [3.8, 4) is 0 Å². The second-order valence-corrected chi connectivity index (χ2v) is 2.71.